The Morgan fingerprint density at radius 2 is 1.48 bits per heavy atom. The van der Waals surface area contributed by atoms with Crippen molar-refractivity contribution in [3.05, 3.63) is 12.2 Å². The fraction of sp³-hybridized carbons (Fsp3) is 0.636. The molecule has 0 fully saturated rings. The van der Waals surface area contributed by atoms with Crippen LogP contribution in [0.15, 0.2) is 12.2 Å². The van der Waals surface area contributed by atoms with E-state index in [1.807, 2.05) is 0 Å². The van der Waals surface area contributed by atoms with Crippen LogP contribution in [0.3, 0.4) is 0 Å². The first-order chi connectivity index (χ1) is 10.1. The molecular weight excluding hydrogens is 348 g/mol. The van der Waals surface area contributed by atoms with E-state index in [0.29, 0.717) is 6.92 Å². The number of esters is 1. The SMILES string of the molecule is CCC(F)(CC(F)(F)F)C(F)(F)C(F)(F)OC(=O)C=CC(=O)O. The lowest BCUT2D eigenvalue weighted by atomic mass is 9.89. The highest BCUT2D eigenvalue weighted by Crippen LogP contribution is 2.51. The van der Waals surface area contributed by atoms with Gasteiger partial charge >= 0.3 is 30.1 Å². The normalized spacial score (nSPS) is 16.2. The zero-order chi connectivity index (χ0) is 18.7. The van der Waals surface area contributed by atoms with E-state index < -0.39 is 48.7 Å². The van der Waals surface area contributed by atoms with Gasteiger partial charge in [-0.05, 0) is 6.42 Å². The van der Waals surface area contributed by atoms with Gasteiger partial charge in [-0.1, -0.05) is 6.92 Å². The molecule has 0 rings (SSSR count). The third-order valence-corrected chi connectivity index (χ3v) is 2.56. The summed E-state index contributed by atoms with van der Waals surface area (Å²) < 4.78 is 107. The number of rotatable bonds is 7. The Bertz CT molecular complexity index is 485. The Balaban J connectivity index is 5.49. The minimum atomic E-state index is -6.02. The monoisotopic (exact) mass is 358 g/mol. The summed E-state index contributed by atoms with van der Waals surface area (Å²) in [5.74, 6) is -10.1. The molecule has 0 aliphatic heterocycles. The number of alkyl halides is 8. The molecule has 0 aliphatic rings. The second-order valence-corrected chi connectivity index (χ2v) is 4.29. The first kappa shape index (κ1) is 21.1. The molecule has 0 aliphatic carbocycles. The zero-order valence-corrected chi connectivity index (χ0v) is 11.3. The van der Waals surface area contributed by atoms with E-state index >= 15 is 0 Å². The fourth-order valence-electron chi connectivity index (χ4n) is 1.40. The lowest BCUT2D eigenvalue weighted by Crippen LogP contribution is -2.59. The Morgan fingerprint density at radius 3 is 1.83 bits per heavy atom. The van der Waals surface area contributed by atoms with Crippen LogP contribution >= 0.6 is 0 Å². The van der Waals surface area contributed by atoms with Crippen LogP contribution in [-0.4, -0.2) is 40.9 Å². The van der Waals surface area contributed by atoms with E-state index in [0.717, 1.165) is 0 Å². The van der Waals surface area contributed by atoms with Crippen molar-refractivity contribution in [1.82, 2.24) is 0 Å². The van der Waals surface area contributed by atoms with Crippen molar-refractivity contribution in [1.29, 1.82) is 0 Å². The average Bonchev–Trinajstić information content (AvgIpc) is 2.33. The number of carbonyl (C=O) groups excluding carboxylic acids is 1. The van der Waals surface area contributed by atoms with Gasteiger partial charge in [0.05, 0.1) is 6.42 Å². The van der Waals surface area contributed by atoms with Gasteiger partial charge in [0.25, 0.3) is 0 Å². The van der Waals surface area contributed by atoms with Gasteiger partial charge in [-0.15, -0.1) is 0 Å². The molecule has 0 spiro atoms. The minimum Gasteiger partial charge on any atom is -0.478 e. The predicted octanol–water partition coefficient (Wildman–Crippen LogP) is 3.47. The summed E-state index contributed by atoms with van der Waals surface area (Å²) in [6.45, 7) is 0.474. The quantitative estimate of drug-likeness (QED) is 0.430. The number of ether oxygens (including phenoxy) is 1. The van der Waals surface area contributed by atoms with Crippen LogP contribution in [0.5, 0.6) is 0 Å². The molecule has 0 bridgehead atoms. The lowest BCUT2D eigenvalue weighted by Gasteiger charge is -2.36. The van der Waals surface area contributed by atoms with E-state index in [1.54, 1.807) is 0 Å². The molecule has 0 aromatic rings. The maximum atomic E-state index is 13.8. The molecule has 1 N–H and O–H groups in total. The molecular formula is C11H10F8O4. The number of halogens is 8. The molecule has 0 aromatic heterocycles. The molecule has 0 radical (unpaired) electrons. The van der Waals surface area contributed by atoms with Crippen LogP contribution in [0.25, 0.3) is 0 Å². The summed E-state index contributed by atoms with van der Waals surface area (Å²) in [6.07, 6.45) is -16.3. The van der Waals surface area contributed by atoms with Gasteiger partial charge < -0.3 is 9.84 Å². The summed E-state index contributed by atoms with van der Waals surface area (Å²) >= 11 is 0. The van der Waals surface area contributed by atoms with Gasteiger partial charge in [0, 0.05) is 12.2 Å². The van der Waals surface area contributed by atoms with E-state index in [1.165, 1.54) is 0 Å². The molecule has 23 heavy (non-hydrogen) atoms. The number of carbonyl (C=O) groups is 2. The second-order valence-electron chi connectivity index (χ2n) is 4.29. The molecule has 0 heterocycles. The summed E-state index contributed by atoms with van der Waals surface area (Å²) in [5.41, 5.74) is -4.74. The van der Waals surface area contributed by atoms with E-state index in [9.17, 15) is 44.7 Å². The molecule has 12 heteroatoms. The first-order valence-electron chi connectivity index (χ1n) is 5.73. The van der Waals surface area contributed by atoms with Crippen LogP contribution in [-0.2, 0) is 14.3 Å². The summed E-state index contributed by atoms with van der Waals surface area (Å²) in [6, 6.07) is 0. The van der Waals surface area contributed by atoms with Crippen molar-refractivity contribution in [2.24, 2.45) is 0 Å². The maximum absolute atomic E-state index is 13.8. The maximum Gasteiger partial charge on any atom is 0.470 e. The van der Waals surface area contributed by atoms with Crippen molar-refractivity contribution in [2.75, 3.05) is 0 Å². The Morgan fingerprint density at radius 1 is 1.00 bits per heavy atom. The van der Waals surface area contributed by atoms with Crippen molar-refractivity contribution in [3.63, 3.8) is 0 Å². The highest BCUT2D eigenvalue weighted by atomic mass is 19.4. The number of carboxylic acids is 1. The Hall–Kier alpha value is -1.88. The zero-order valence-electron chi connectivity index (χ0n) is 11.3. The van der Waals surface area contributed by atoms with E-state index in [2.05, 4.69) is 4.74 Å². The smallest absolute Gasteiger partial charge is 0.470 e. The van der Waals surface area contributed by atoms with Gasteiger partial charge in [-0.2, -0.15) is 30.7 Å². The fourth-order valence-corrected chi connectivity index (χ4v) is 1.40. The summed E-state index contributed by atoms with van der Waals surface area (Å²) in [7, 11) is 0. The van der Waals surface area contributed by atoms with E-state index in [-0.39, 0.29) is 12.2 Å². The Kier molecular flexibility index (Phi) is 6.16. The van der Waals surface area contributed by atoms with Crippen LogP contribution in [0, 0.1) is 0 Å². The van der Waals surface area contributed by atoms with Crippen molar-refractivity contribution in [3.8, 4) is 0 Å². The highest BCUT2D eigenvalue weighted by molar-refractivity contribution is 5.90. The number of aliphatic carboxylic acids is 1. The largest absolute Gasteiger partial charge is 0.478 e. The van der Waals surface area contributed by atoms with Gasteiger partial charge in [-0.25, -0.2) is 14.0 Å². The van der Waals surface area contributed by atoms with Crippen molar-refractivity contribution >= 4 is 11.9 Å². The molecule has 1 unspecified atom stereocenters. The number of hydrogen-bond donors (Lipinski definition) is 1. The predicted molar refractivity (Wildman–Crippen MR) is 57.6 cm³/mol. The molecule has 0 saturated carbocycles. The average molecular weight is 358 g/mol. The topological polar surface area (TPSA) is 63.6 Å². The first-order valence-corrected chi connectivity index (χ1v) is 5.73. The summed E-state index contributed by atoms with van der Waals surface area (Å²) in [4.78, 5) is 20.8. The minimum absolute atomic E-state index is 0.0468. The van der Waals surface area contributed by atoms with Crippen LogP contribution < -0.4 is 0 Å². The molecule has 1 atom stereocenters. The summed E-state index contributed by atoms with van der Waals surface area (Å²) in [5, 5.41) is 8.10. The van der Waals surface area contributed by atoms with E-state index in [4.69, 9.17) is 5.11 Å². The standard InChI is InChI=1S/C11H10F8O4/c1-2-8(12,5-9(13,14)15)10(16,17)11(18,19)23-7(22)4-3-6(20)21/h3-4H,2,5H2,1H3,(H,20,21). The van der Waals surface area contributed by atoms with Crippen molar-refractivity contribution in [2.45, 2.75) is 43.6 Å². The highest BCUT2D eigenvalue weighted by Gasteiger charge is 2.73. The number of carboxylic acid groups (broad SMARTS) is 1. The van der Waals surface area contributed by atoms with Gasteiger partial charge in [-0.3, -0.25) is 0 Å². The van der Waals surface area contributed by atoms with Crippen molar-refractivity contribution < 1.29 is 54.6 Å². The molecule has 0 aromatic carbocycles. The molecule has 0 amide bonds. The third-order valence-electron chi connectivity index (χ3n) is 2.56. The third kappa shape index (κ3) is 5.36. The van der Waals surface area contributed by atoms with Gasteiger partial charge in [0.15, 0.2) is 5.67 Å². The van der Waals surface area contributed by atoms with Gasteiger partial charge in [0.2, 0.25) is 0 Å². The lowest BCUT2D eigenvalue weighted by molar-refractivity contribution is -0.371. The Labute approximate surface area is 123 Å². The van der Waals surface area contributed by atoms with Crippen LogP contribution in [0.2, 0.25) is 0 Å². The number of hydrogen-bond acceptors (Lipinski definition) is 3. The van der Waals surface area contributed by atoms with Crippen LogP contribution in [0.1, 0.15) is 19.8 Å². The molecule has 0 saturated heterocycles. The van der Waals surface area contributed by atoms with Gasteiger partial charge in [0.1, 0.15) is 0 Å². The molecule has 4 nitrogen and oxygen atoms in total. The second kappa shape index (κ2) is 6.71. The van der Waals surface area contributed by atoms with Crippen LogP contribution in [0.4, 0.5) is 35.1 Å². The molecule has 134 valence electrons.